The molecular weight excluding hydrogens is 471 g/mol. The van der Waals surface area contributed by atoms with Crippen LogP contribution in [0.4, 0.5) is 0 Å². The van der Waals surface area contributed by atoms with Crippen molar-refractivity contribution in [3.8, 4) is 0 Å². The molecule has 0 spiro atoms. The molecule has 4 nitrogen and oxygen atoms in total. The number of fused-ring (bicyclic) bond motifs is 1. The number of carbonyl (C=O) groups is 1. The van der Waals surface area contributed by atoms with Crippen molar-refractivity contribution in [1.82, 2.24) is 0 Å². The summed E-state index contributed by atoms with van der Waals surface area (Å²) < 4.78 is 23.8. The first-order valence-corrected chi connectivity index (χ1v) is 17.7. The van der Waals surface area contributed by atoms with Gasteiger partial charge in [-0.3, -0.25) is 9.36 Å². The maximum Gasteiger partial charge on any atom is 0.302 e. The average molecular weight is 521 g/mol. The minimum Gasteiger partial charge on any atom is -0.462 e. The number of allylic oxidation sites excluding steroid dienone is 3. The molecule has 0 saturated heterocycles. The molecule has 35 heavy (non-hydrogen) atoms. The van der Waals surface area contributed by atoms with Crippen LogP contribution in [0.5, 0.6) is 0 Å². The number of carbonyl (C=O) groups excluding carboxylic acids is 1. The first-order chi connectivity index (χ1) is 16.3. The highest BCUT2D eigenvalue weighted by Crippen LogP contribution is 2.59. The fourth-order valence-corrected chi connectivity index (χ4v) is 8.81. The van der Waals surface area contributed by atoms with Gasteiger partial charge in [-0.05, 0) is 79.8 Å². The molecule has 3 rings (SSSR count). The standard InChI is InChI=1S/C29H49O4PSi/c1-20(19-34-31)26-13-14-27-23(10-9-15-29(26,27)6)12-11-22-16-24(32-21(2)30)18-25(17-22)33-35(7,8)28(3,4)5/h11-12,20,24-27H,9-10,13-19H2,1-8H3/b22-11-,23-12+/t20-,24-,25-,26?,27?,29-/m1/s1. The molecule has 3 fully saturated rings. The van der Waals surface area contributed by atoms with Crippen LogP contribution in [0.3, 0.4) is 0 Å². The summed E-state index contributed by atoms with van der Waals surface area (Å²) in [5.41, 5.74) is 3.27. The zero-order valence-electron chi connectivity index (χ0n) is 23.5. The fourth-order valence-electron chi connectivity index (χ4n) is 6.96. The molecule has 3 saturated carbocycles. The van der Waals surface area contributed by atoms with Crippen molar-refractivity contribution in [3.63, 3.8) is 0 Å². The van der Waals surface area contributed by atoms with Crippen molar-refractivity contribution in [2.45, 2.75) is 123 Å². The second-order valence-corrected chi connectivity index (χ2v) is 18.7. The molecule has 198 valence electrons. The van der Waals surface area contributed by atoms with Crippen LogP contribution in [0, 0.1) is 23.2 Å². The zero-order valence-corrected chi connectivity index (χ0v) is 25.4. The lowest BCUT2D eigenvalue weighted by Crippen LogP contribution is -2.46. The lowest BCUT2D eigenvalue weighted by molar-refractivity contribution is -0.148. The van der Waals surface area contributed by atoms with Crippen molar-refractivity contribution in [3.05, 3.63) is 23.3 Å². The third-order valence-electron chi connectivity index (χ3n) is 9.73. The Labute approximate surface area is 217 Å². The molecule has 3 aliphatic rings. The monoisotopic (exact) mass is 520 g/mol. The smallest absolute Gasteiger partial charge is 0.302 e. The van der Waals surface area contributed by atoms with E-state index in [9.17, 15) is 9.36 Å². The quantitative estimate of drug-likeness (QED) is 0.192. The first-order valence-electron chi connectivity index (χ1n) is 13.8. The molecule has 0 aromatic rings. The highest BCUT2D eigenvalue weighted by Gasteiger charge is 2.50. The van der Waals surface area contributed by atoms with Crippen LogP contribution in [0.2, 0.25) is 18.1 Å². The van der Waals surface area contributed by atoms with Crippen LogP contribution >= 0.6 is 8.46 Å². The van der Waals surface area contributed by atoms with E-state index in [0.29, 0.717) is 23.2 Å². The highest BCUT2D eigenvalue weighted by atomic mass is 31.1. The molecule has 2 unspecified atom stereocenters. The molecule has 0 bridgehead atoms. The Kier molecular flexibility index (Phi) is 9.31. The second kappa shape index (κ2) is 11.3. The number of ether oxygens (including phenoxy) is 1. The summed E-state index contributed by atoms with van der Waals surface area (Å²) >= 11 is 0. The van der Waals surface area contributed by atoms with Crippen LogP contribution < -0.4 is 0 Å². The highest BCUT2D eigenvalue weighted by molar-refractivity contribution is 7.23. The van der Waals surface area contributed by atoms with Gasteiger partial charge in [-0.15, -0.1) is 0 Å². The van der Waals surface area contributed by atoms with Gasteiger partial charge in [0, 0.05) is 25.9 Å². The minimum atomic E-state index is -1.91. The molecular formula is C29H49O4PSi. The normalized spacial score (nSPS) is 35.3. The molecule has 0 aromatic carbocycles. The predicted molar refractivity (Wildman–Crippen MR) is 147 cm³/mol. The van der Waals surface area contributed by atoms with Crippen molar-refractivity contribution >= 4 is 22.7 Å². The number of rotatable bonds is 7. The summed E-state index contributed by atoms with van der Waals surface area (Å²) in [5, 5.41) is 0.154. The van der Waals surface area contributed by atoms with Crippen molar-refractivity contribution < 1.29 is 18.5 Å². The van der Waals surface area contributed by atoms with Crippen molar-refractivity contribution in [1.29, 1.82) is 0 Å². The van der Waals surface area contributed by atoms with E-state index < -0.39 is 8.32 Å². The van der Waals surface area contributed by atoms with Gasteiger partial charge in [0.15, 0.2) is 16.8 Å². The lowest BCUT2D eigenvalue weighted by atomic mass is 9.61. The molecule has 0 aliphatic heterocycles. The van der Waals surface area contributed by atoms with Gasteiger partial charge in [0.25, 0.3) is 0 Å². The Morgan fingerprint density at radius 2 is 1.89 bits per heavy atom. The zero-order chi connectivity index (χ0) is 26.0. The van der Waals surface area contributed by atoms with Gasteiger partial charge >= 0.3 is 5.97 Å². The van der Waals surface area contributed by atoms with Crippen LogP contribution in [-0.2, 0) is 18.5 Å². The Morgan fingerprint density at radius 1 is 1.20 bits per heavy atom. The number of esters is 1. The van der Waals surface area contributed by atoms with Gasteiger partial charge in [-0.1, -0.05) is 57.9 Å². The molecule has 0 heterocycles. The third-order valence-corrected chi connectivity index (χ3v) is 15.0. The summed E-state index contributed by atoms with van der Waals surface area (Å²) in [5.74, 6) is 1.61. The van der Waals surface area contributed by atoms with Gasteiger partial charge in [-0.25, -0.2) is 0 Å². The van der Waals surface area contributed by atoms with E-state index in [-0.39, 0.29) is 31.7 Å². The van der Waals surface area contributed by atoms with Crippen molar-refractivity contribution in [2.24, 2.45) is 23.2 Å². The number of hydrogen-bond acceptors (Lipinski definition) is 4. The Balaban J connectivity index is 1.80. The van der Waals surface area contributed by atoms with Gasteiger partial charge in [0.1, 0.15) is 6.10 Å². The van der Waals surface area contributed by atoms with Gasteiger partial charge in [0.05, 0.1) is 6.10 Å². The molecule has 0 radical (unpaired) electrons. The van der Waals surface area contributed by atoms with E-state index in [1.165, 1.54) is 44.6 Å². The SMILES string of the molecule is CC(=O)O[C@@H]1C/C(=C/C=C2\CCC[C@@]3(C)C2CCC3[C@H](C)CP=O)C[C@@H](O[Si](C)(C)C(C)(C)C)C1. The Morgan fingerprint density at radius 3 is 2.51 bits per heavy atom. The van der Waals surface area contributed by atoms with Crippen LogP contribution in [0.15, 0.2) is 23.3 Å². The van der Waals surface area contributed by atoms with Crippen LogP contribution in [-0.4, -0.2) is 32.7 Å². The second-order valence-electron chi connectivity index (χ2n) is 13.3. The van der Waals surface area contributed by atoms with E-state index in [0.717, 1.165) is 25.4 Å². The Hall–Kier alpha value is -0.773. The molecule has 6 heteroatoms. The summed E-state index contributed by atoms with van der Waals surface area (Å²) in [7, 11) is -1.62. The Bertz CT molecular complexity index is 842. The van der Waals surface area contributed by atoms with E-state index in [1.54, 1.807) is 5.57 Å². The summed E-state index contributed by atoms with van der Waals surface area (Å²) in [4.78, 5) is 11.8. The predicted octanol–water partition coefficient (Wildman–Crippen LogP) is 8.49. The average Bonchev–Trinajstić information content (AvgIpc) is 3.08. The van der Waals surface area contributed by atoms with Crippen LogP contribution in [0.1, 0.15) is 92.9 Å². The topological polar surface area (TPSA) is 52.6 Å². The third kappa shape index (κ3) is 6.76. The molecule has 0 N–H and O–H groups in total. The summed E-state index contributed by atoms with van der Waals surface area (Å²) in [6, 6.07) is 0. The number of hydrogen-bond donors (Lipinski definition) is 0. The fraction of sp³-hybridized carbons (Fsp3) is 0.828. The lowest BCUT2D eigenvalue weighted by Gasteiger charge is -2.44. The minimum absolute atomic E-state index is 0.0970. The maximum atomic E-state index is 11.8. The van der Waals surface area contributed by atoms with E-state index in [2.05, 4.69) is 59.9 Å². The van der Waals surface area contributed by atoms with Crippen molar-refractivity contribution in [2.75, 3.05) is 6.16 Å². The molecule has 6 atom stereocenters. The summed E-state index contributed by atoms with van der Waals surface area (Å²) in [6.07, 6.45) is 14.3. The van der Waals surface area contributed by atoms with E-state index >= 15 is 0 Å². The largest absolute Gasteiger partial charge is 0.462 e. The van der Waals surface area contributed by atoms with Gasteiger partial charge < -0.3 is 9.16 Å². The van der Waals surface area contributed by atoms with Crippen LogP contribution in [0.25, 0.3) is 0 Å². The molecule has 0 aromatic heterocycles. The van der Waals surface area contributed by atoms with E-state index in [4.69, 9.17) is 9.16 Å². The maximum absolute atomic E-state index is 11.8. The first kappa shape index (κ1) is 28.8. The molecule has 0 amide bonds. The van der Waals surface area contributed by atoms with Gasteiger partial charge in [0.2, 0.25) is 0 Å². The molecule has 3 aliphatic carbocycles. The van der Waals surface area contributed by atoms with Gasteiger partial charge in [-0.2, -0.15) is 0 Å². The van der Waals surface area contributed by atoms with E-state index in [1.807, 2.05) is 0 Å². The summed E-state index contributed by atoms with van der Waals surface area (Å²) in [6.45, 7) is 17.7.